The molecule has 3 heterocycles. The molecule has 0 bridgehead atoms. The average molecular weight is 549 g/mol. The molecule has 0 spiro atoms. The van der Waals surface area contributed by atoms with Gasteiger partial charge in [-0.05, 0) is 37.6 Å². The smallest absolute Gasteiger partial charge is 0.339 e. The van der Waals surface area contributed by atoms with Crippen molar-refractivity contribution in [3.63, 3.8) is 0 Å². The molecule has 2 aromatic heterocycles. The first-order valence-electron chi connectivity index (χ1n) is 12.8. The third-order valence-corrected chi connectivity index (χ3v) is 7.10. The molecule has 0 radical (unpaired) electrons. The lowest BCUT2D eigenvalue weighted by atomic mass is 9.81. The number of benzene rings is 2. The molecular formula is C28H26F2N6O4. The van der Waals surface area contributed by atoms with E-state index in [0.717, 1.165) is 11.1 Å². The molecule has 40 heavy (non-hydrogen) atoms. The number of nitrogens with one attached hydrogen (secondary N) is 2. The van der Waals surface area contributed by atoms with Crippen LogP contribution in [0.3, 0.4) is 0 Å². The molecule has 206 valence electrons. The minimum absolute atomic E-state index is 0.0685. The number of fused-ring (bicyclic) bond motifs is 1. The van der Waals surface area contributed by atoms with E-state index in [-0.39, 0.29) is 48.9 Å². The van der Waals surface area contributed by atoms with Gasteiger partial charge in [-0.1, -0.05) is 35.5 Å². The molecule has 1 aliphatic carbocycles. The summed E-state index contributed by atoms with van der Waals surface area (Å²) in [4.78, 5) is 25.5. The molecule has 2 aliphatic rings. The minimum Gasteiger partial charge on any atom is -0.451 e. The SMILES string of the molecule is CC1(C)OC(=O)c2ccc(Nc3ncc(-c4nc(C5CC(F)(F)C5)no4)c(N[C@H](CO)c4ccccc4)n3)cc21. The maximum atomic E-state index is 13.4. The van der Waals surface area contributed by atoms with Gasteiger partial charge in [0, 0.05) is 36.2 Å². The molecular weight excluding hydrogens is 522 g/mol. The number of cyclic esters (lactones) is 1. The molecule has 3 N–H and O–H groups in total. The second-order valence-electron chi connectivity index (χ2n) is 10.5. The molecule has 6 rings (SSSR count). The number of aliphatic hydroxyl groups is 1. The van der Waals surface area contributed by atoms with Crippen LogP contribution in [0.5, 0.6) is 0 Å². The molecule has 10 nitrogen and oxygen atoms in total. The highest BCUT2D eigenvalue weighted by Crippen LogP contribution is 2.47. The first kappa shape index (κ1) is 25.8. The van der Waals surface area contributed by atoms with Crippen molar-refractivity contribution in [1.82, 2.24) is 20.1 Å². The van der Waals surface area contributed by atoms with E-state index in [1.54, 1.807) is 12.1 Å². The van der Waals surface area contributed by atoms with Gasteiger partial charge >= 0.3 is 5.97 Å². The lowest BCUT2D eigenvalue weighted by Gasteiger charge is -2.32. The summed E-state index contributed by atoms with van der Waals surface area (Å²) in [7, 11) is 0. The Morgan fingerprint density at radius 2 is 1.88 bits per heavy atom. The van der Waals surface area contributed by atoms with Crippen molar-refractivity contribution in [3.8, 4) is 11.5 Å². The first-order valence-corrected chi connectivity index (χ1v) is 12.8. The fourth-order valence-corrected chi connectivity index (χ4v) is 4.92. The van der Waals surface area contributed by atoms with Gasteiger partial charge in [-0.15, -0.1) is 0 Å². The number of ether oxygens (including phenoxy) is 1. The van der Waals surface area contributed by atoms with Gasteiger partial charge in [0.25, 0.3) is 5.89 Å². The summed E-state index contributed by atoms with van der Waals surface area (Å²) < 4.78 is 37.7. The van der Waals surface area contributed by atoms with Crippen molar-refractivity contribution in [2.75, 3.05) is 17.2 Å². The number of carbonyl (C=O) groups excluding carboxylic acids is 1. The Hall–Kier alpha value is -4.45. The Balaban J connectivity index is 1.33. The number of esters is 1. The minimum atomic E-state index is -2.72. The van der Waals surface area contributed by atoms with E-state index in [0.29, 0.717) is 16.8 Å². The van der Waals surface area contributed by atoms with Crippen molar-refractivity contribution in [1.29, 1.82) is 0 Å². The van der Waals surface area contributed by atoms with Crippen LogP contribution < -0.4 is 10.6 Å². The number of alkyl halides is 2. The van der Waals surface area contributed by atoms with Crippen LogP contribution in [0.4, 0.5) is 26.2 Å². The maximum absolute atomic E-state index is 13.4. The molecule has 4 aromatic rings. The first-order chi connectivity index (χ1) is 19.1. The third-order valence-electron chi connectivity index (χ3n) is 7.10. The molecule has 2 aromatic carbocycles. The highest BCUT2D eigenvalue weighted by atomic mass is 19.3. The molecule has 1 saturated carbocycles. The monoisotopic (exact) mass is 548 g/mol. The van der Waals surface area contributed by atoms with Crippen molar-refractivity contribution < 1.29 is 27.9 Å². The lowest BCUT2D eigenvalue weighted by Crippen LogP contribution is -2.34. The average Bonchev–Trinajstić information content (AvgIpc) is 3.48. The Labute approximate surface area is 227 Å². The van der Waals surface area contributed by atoms with Gasteiger partial charge in [0.2, 0.25) is 11.9 Å². The number of halogens is 2. The summed E-state index contributed by atoms with van der Waals surface area (Å²) in [5.74, 6) is -2.80. The summed E-state index contributed by atoms with van der Waals surface area (Å²) in [6.45, 7) is 3.39. The Bertz CT molecular complexity index is 1570. The van der Waals surface area contributed by atoms with Crippen LogP contribution in [0.2, 0.25) is 0 Å². The number of rotatable bonds is 8. The fourth-order valence-electron chi connectivity index (χ4n) is 4.92. The van der Waals surface area contributed by atoms with Crippen LogP contribution in [0.25, 0.3) is 11.5 Å². The maximum Gasteiger partial charge on any atom is 0.339 e. The van der Waals surface area contributed by atoms with E-state index in [4.69, 9.17) is 9.26 Å². The quantitative estimate of drug-likeness (QED) is 0.248. The number of hydrogen-bond donors (Lipinski definition) is 3. The van der Waals surface area contributed by atoms with E-state index < -0.39 is 23.5 Å². The van der Waals surface area contributed by atoms with Gasteiger partial charge in [-0.3, -0.25) is 0 Å². The normalized spacial score (nSPS) is 18.0. The topological polar surface area (TPSA) is 135 Å². The largest absolute Gasteiger partial charge is 0.451 e. The zero-order valence-electron chi connectivity index (χ0n) is 21.7. The van der Waals surface area contributed by atoms with Crippen LogP contribution >= 0.6 is 0 Å². The van der Waals surface area contributed by atoms with Gasteiger partial charge in [0.1, 0.15) is 17.0 Å². The van der Waals surface area contributed by atoms with Crippen LogP contribution in [0.15, 0.2) is 59.3 Å². The van der Waals surface area contributed by atoms with Crippen molar-refractivity contribution in [2.45, 2.75) is 50.2 Å². The van der Waals surface area contributed by atoms with Crippen LogP contribution in [0, 0.1) is 0 Å². The van der Waals surface area contributed by atoms with E-state index in [9.17, 15) is 18.7 Å². The Morgan fingerprint density at radius 3 is 2.60 bits per heavy atom. The summed E-state index contributed by atoms with van der Waals surface area (Å²) in [5.41, 5.74) is 2.26. The predicted molar refractivity (Wildman–Crippen MR) is 140 cm³/mol. The lowest BCUT2D eigenvalue weighted by molar-refractivity contribution is -0.0888. The fraction of sp³-hybridized carbons (Fsp3) is 0.321. The van der Waals surface area contributed by atoms with Crippen molar-refractivity contribution in [2.24, 2.45) is 0 Å². The summed E-state index contributed by atoms with van der Waals surface area (Å²) in [6.07, 6.45) is 0.824. The van der Waals surface area contributed by atoms with Gasteiger partial charge in [-0.25, -0.2) is 18.6 Å². The molecule has 12 heteroatoms. The Morgan fingerprint density at radius 1 is 1.10 bits per heavy atom. The number of carbonyl (C=O) groups is 1. The Kier molecular flexibility index (Phi) is 6.21. The number of nitrogens with zero attached hydrogens (tertiary/aromatic N) is 4. The van der Waals surface area contributed by atoms with Crippen LogP contribution in [-0.2, 0) is 10.3 Å². The van der Waals surface area contributed by atoms with Crippen LogP contribution in [0.1, 0.15) is 66.0 Å². The predicted octanol–water partition coefficient (Wildman–Crippen LogP) is 5.33. The summed E-state index contributed by atoms with van der Waals surface area (Å²) in [6, 6.07) is 14.0. The molecule has 0 saturated heterocycles. The van der Waals surface area contributed by atoms with Gasteiger partial charge in [0.05, 0.1) is 18.2 Å². The number of aromatic nitrogens is 4. The van der Waals surface area contributed by atoms with E-state index in [2.05, 4.69) is 30.7 Å². The number of hydrogen-bond acceptors (Lipinski definition) is 10. The highest BCUT2D eigenvalue weighted by molar-refractivity contribution is 5.95. The molecule has 0 unspecified atom stereocenters. The van der Waals surface area contributed by atoms with Gasteiger partial charge in [-0.2, -0.15) is 9.97 Å². The summed E-state index contributed by atoms with van der Waals surface area (Å²) in [5, 5.41) is 20.4. The second-order valence-corrected chi connectivity index (χ2v) is 10.5. The molecule has 0 amide bonds. The zero-order chi connectivity index (χ0) is 28.1. The number of anilines is 3. The third kappa shape index (κ3) is 4.86. The standard InChI is InChI=1S/C28H26F2N6O4/c1-27(2)20-10-17(8-9-18(20)25(38)39-27)32-26-31-13-19(24-34-22(36-40-24)16-11-28(29,30)12-16)23(35-26)33-21(14-37)15-6-4-3-5-7-15/h3-10,13,16,21,37H,11-12,14H2,1-2H3,(H2,31,32,33,35)/t21-/m1/s1. The van der Waals surface area contributed by atoms with Crippen LogP contribution in [-0.4, -0.2) is 43.7 Å². The number of aliphatic hydroxyl groups excluding tert-OH is 1. The van der Waals surface area contributed by atoms with Gasteiger partial charge < -0.3 is 25.0 Å². The van der Waals surface area contributed by atoms with Gasteiger partial charge in [0.15, 0.2) is 5.82 Å². The molecule has 1 aliphatic heterocycles. The zero-order valence-corrected chi connectivity index (χ0v) is 21.7. The molecule has 1 atom stereocenters. The second kappa shape index (κ2) is 9.63. The van der Waals surface area contributed by atoms with E-state index in [1.807, 2.05) is 50.2 Å². The van der Waals surface area contributed by atoms with Crippen molar-refractivity contribution in [3.05, 3.63) is 77.2 Å². The van der Waals surface area contributed by atoms with E-state index in [1.165, 1.54) is 6.20 Å². The van der Waals surface area contributed by atoms with Crippen molar-refractivity contribution >= 4 is 23.4 Å². The summed E-state index contributed by atoms with van der Waals surface area (Å²) >= 11 is 0. The highest BCUT2D eigenvalue weighted by Gasteiger charge is 2.48. The van der Waals surface area contributed by atoms with E-state index >= 15 is 0 Å². The molecule has 1 fully saturated rings.